The lowest BCUT2D eigenvalue weighted by Crippen LogP contribution is -1.97. The van der Waals surface area contributed by atoms with Gasteiger partial charge in [0.2, 0.25) is 4.77 Å². The van der Waals surface area contributed by atoms with Gasteiger partial charge in [-0.15, -0.1) is 0 Å². The molecular weight excluding hydrogens is 162 g/mol. The molecule has 0 aromatic carbocycles. The van der Waals surface area contributed by atoms with Gasteiger partial charge in [-0.3, -0.25) is 10.2 Å². The Hall–Kier alpha value is -0.680. The summed E-state index contributed by atoms with van der Waals surface area (Å²) in [4.78, 5) is 4.07. The van der Waals surface area contributed by atoms with E-state index in [4.69, 9.17) is 17.0 Å². The third-order valence-electron chi connectivity index (χ3n) is 1.75. The Labute approximate surface area is 69.0 Å². The van der Waals surface area contributed by atoms with Crippen molar-refractivity contribution in [3.8, 4) is 0 Å². The van der Waals surface area contributed by atoms with Crippen molar-refractivity contribution in [1.29, 1.82) is 0 Å². The third-order valence-corrected chi connectivity index (χ3v) is 1.95. The molecule has 1 aromatic heterocycles. The molecule has 1 atom stereocenters. The van der Waals surface area contributed by atoms with Gasteiger partial charge in [-0.25, -0.2) is 4.98 Å². The Bertz CT molecular complexity index is 286. The van der Waals surface area contributed by atoms with Crippen LogP contribution in [0.25, 0.3) is 0 Å². The summed E-state index contributed by atoms with van der Waals surface area (Å²) in [5.74, 6) is 0.826. The first-order valence-corrected chi connectivity index (χ1v) is 4.03. The van der Waals surface area contributed by atoms with E-state index >= 15 is 0 Å². The van der Waals surface area contributed by atoms with E-state index in [0.29, 0.717) is 4.77 Å². The minimum Gasteiger partial charge on any atom is -0.370 e. The quantitative estimate of drug-likeness (QED) is 0.626. The normalized spacial score (nSPS) is 24.2. The molecule has 1 unspecified atom stereocenters. The standard InChI is InChI=1S/C6H9N3OS/c11-6-7-5(8-9-6)4-2-1-3-10-4/h4H,1-3H2,(H2,7,8,9,11). The Morgan fingerprint density at radius 1 is 1.55 bits per heavy atom. The van der Waals surface area contributed by atoms with Crippen LogP contribution in [0.1, 0.15) is 24.8 Å². The van der Waals surface area contributed by atoms with E-state index in [1.807, 2.05) is 0 Å². The maximum atomic E-state index is 5.39. The van der Waals surface area contributed by atoms with E-state index < -0.39 is 0 Å². The zero-order valence-electron chi connectivity index (χ0n) is 5.96. The number of nitrogens with one attached hydrogen (secondary N) is 2. The second kappa shape index (κ2) is 2.75. The number of aromatic amines is 2. The lowest BCUT2D eigenvalue weighted by molar-refractivity contribution is 0.105. The molecule has 1 fully saturated rings. The molecule has 0 bridgehead atoms. The predicted octanol–water partition coefficient (Wildman–Crippen LogP) is 1.32. The monoisotopic (exact) mass is 171 g/mol. The summed E-state index contributed by atoms with van der Waals surface area (Å²) in [5, 5.41) is 5.63. The van der Waals surface area contributed by atoms with Crippen LogP contribution in [0.4, 0.5) is 0 Å². The van der Waals surface area contributed by atoms with Crippen molar-refractivity contribution < 1.29 is 4.74 Å². The van der Waals surface area contributed by atoms with Gasteiger partial charge in [-0.05, 0) is 25.1 Å². The zero-order chi connectivity index (χ0) is 7.68. The molecule has 0 amide bonds. The molecule has 0 saturated carbocycles. The largest absolute Gasteiger partial charge is 0.370 e. The SMILES string of the molecule is S=c1nc(C2CCCO2)[nH][nH]1. The van der Waals surface area contributed by atoms with Gasteiger partial charge in [-0.1, -0.05) is 0 Å². The number of nitrogens with zero attached hydrogens (tertiary/aromatic N) is 1. The highest BCUT2D eigenvalue weighted by atomic mass is 32.1. The molecular formula is C6H9N3OS. The van der Waals surface area contributed by atoms with Crippen molar-refractivity contribution in [2.24, 2.45) is 0 Å². The van der Waals surface area contributed by atoms with Gasteiger partial charge in [0.05, 0.1) is 0 Å². The van der Waals surface area contributed by atoms with Gasteiger partial charge in [0.1, 0.15) is 6.10 Å². The minimum absolute atomic E-state index is 0.128. The van der Waals surface area contributed by atoms with Crippen molar-refractivity contribution in [1.82, 2.24) is 15.2 Å². The van der Waals surface area contributed by atoms with Gasteiger partial charge >= 0.3 is 0 Å². The van der Waals surface area contributed by atoms with E-state index in [1.165, 1.54) is 0 Å². The first-order valence-electron chi connectivity index (χ1n) is 3.62. The third kappa shape index (κ3) is 1.34. The number of ether oxygens (including phenoxy) is 1. The van der Waals surface area contributed by atoms with E-state index in [9.17, 15) is 0 Å². The fraction of sp³-hybridized carbons (Fsp3) is 0.667. The molecule has 0 radical (unpaired) electrons. The van der Waals surface area contributed by atoms with Crippen molar-refractivity contribution in [2.75, 3.05) is 6.61 Å². The molecule has 0 aliphatic carbocycles. The first kappa shape index (κ1) is 7.00. The highest BCUT2D eigenvalue weighted by Crippen LogP contribution is 2.24. The molecule has 2 rings (SSSR count). The Morgan fingerprint density at radius 3 is 3.00 bits per heavy atom. The van der Waals surface area contributed by atoms with Crippen molar-refractivity contribution in [2.45, 2.75) is 18.9 Å². The molecule has 1 aliphatic rings. The van der Waals surface area contributed by atoms with Crippen molar-refractivity contribution >= 4 is 12.2 Å². The van der Waals surface area contributed by atoms with Crippen molar-refractivity contribution in [3.05, 3.63) is 10.6 Å². The van der Waals surface area contributed by atoms with Gasteiger partial charge in [0.25, 0.3) is 0 Å². The van der Waals surface area contributed by atoms with E-state index in [0.717, 1.165) is 25.3 Å². The Kier molecular flexibility index (Phi) is 1.75. The molecule has 5 heteroatoms. The number of hydrogen-bond acceptors (Lipinski definition) is 3. The maximum Gasteiger partial charge on any atom is 0.213 e. The summed E-state index contributed by atoms with van der Waals surface area (Å²) in [6.45, 7) is 0.831. The van der Waals surface area contributed by atoms with Crippen LogP contribution in [0.3, 0.4) is 0 Å². The Morgan fingerprint density at radius 2 is 2.45 bits per heavy atom. The molecule has 1 aromatic rings. The van der Waals surface area contributed by atoms with Crippen LogP contribution >= 0.6 is 12.2 Å². The van der Waals surface area contributed by atoms with Crippen LogP contribution < -0.4 is 0 Å². The van der Waals surface area contributed by atoms with Crippen LogP contribution in [-0.4, -0.2) is 21.8 Å². The number of hydrogen-bond donors (Lipinski definition) is 2. The summed E-state index contributed by atoms with van der Waals surface area (Å²) in [6.07, 6.45) is 2.27. The average Bonchev–Trinajstić information content (AvgIpc) is 2.55. The number of H-pyrrole nitrogens is 2. The summed E-state index contributed by atoms with van der Waals surface area (Å²) >= 11 is 4.81. The molecule has 4 nitrogen and oxygen atoms in total. The van der Waals surface area contributed by atoms with E-state index in [-0.39, 0.29) is 6.10 Å². The minimum atomic E-state index is 0.128. The average molecular weight is 171 g/mol. The van der Waals surface area contributed by atoms with E-state index in [2.05, 4.69) is 15.2 Å². The molecule has 2 N–H and O–H groups in total. The van der Waals surface area contributed by atoms with Crippen LogP contribution in [0, 0.1) is 4.77 Å². The smallest absolute Gasteiger partial charge is 0.213 e. The van der Waals surface area contributed by atoms with Crippen LogP contribution in [0.5, 0.6) is 0 Å². The van der Waals surface area contributed by atoms with Crippen molar-refractivity contribution in [3.63, 3.8) is 0 Å². The van der Waals surface area contributed by atoms with Gasteiger partial charge in [-0.2, -0.15) is 0 Å². The zero-order valence-corrected chi connectivity index (χ0v) is 6.78. The lowest BCUT2D eigenvalue weighted by Gasteiger charge is -2.02. The Balaban J connectivity index is 2.21. The first-order chi connectivity index (χ1) is 5.36. The van der Waals surface area contributed by atoms with Gasteiger partial charge in [0.15, 0.2) is 5.82 Å². The van der Waals surface area contributed by atoms with E-state index in [1.54, 1.807) is 0 Å². The second-order valence-corrected chi connectivity index (χ2v) is 2.94. The molecule has 1 saturated heterocycles. The predicted molar refractivity (Wildman–Crippen MR) is 41.7 cm³/mol. The van der Waals surface area contributed by atoms with Crippen LogP contribution in [0.15, 0.2) is 0 Å². The van der Waals surface area contributed by atoms with Gasteiger partial charge < -0.3 is 4.74 Å². The van der Waals surface area contributed by atoms with Crippen LogP contribution in [0.2, 0.25) is 0 Å². The maximum absolute atomic E-state index is 5.39. The topological polar surface area (TPSA) is 53.7 Å². The summed E-state index contributed by atoms with van der Waals surface area (Å²) in [5.41, 5.74) is 0. The fourth-order valence-electron chi connectivity index (χ4n) is 1.23. The summed E-state index contributed by atoms with van der Waals surface area (Å²) < 4.78 is 5.89. The molecule has 11 heavy (non-hydrogen) atoms. The molecule has 2 heterocycles. The van der Waals surface area contributed by atoms with Gasteiger partial charge in [0, 0.05) is 6.61 Å². The summed E-state index contributed by atoms with van der Waals surface area (Å²) in [6, 6.07) is 0. The molecule has 0 spiro atoms. The number of rotatable bonds is 1. The fourth-order valence-corrected chi connectivity index (χ4v) is 1.38. The number of aromatic nitrogens is 3. The lowest BCUT2D eigenvalue weighted by atomic mass is 10.2. The second-order valence-electron chi connectivity index (χ2n) is 2.55. The molecule has 60 valence electrons. The highest BCUT2D eigenvalue weighted by molar-refractivity contribution is 7.71. The summed E-state index contributed by atoms with van der Waals surface area (Å²) in [7, 11) is 0. The molecule has 1 aliphatic heterocycles. The van der Waals surface area contributed by atoms with Crippen LogP contribution in [-0.2, 0) is 4.74 Å². The highest BCUT2D eigenvalue weighted by Gasteiger charge is 2.19.